The Bertz CT molecular complexity index is 450. The number of alkyl halides is 3. The minimum absolute atomic E-state index is 0.148. The van der Waals surface area contributed by atoms with Crippen molar-refractivity contribution in [3.8, 4) is 0 Å². The van der Waals surface area contributed by atoms with Crippen LogP contribution in [0.15, 0.2) is 29.3 Å². The molecule has 3 N–H and O–H groups in total. The number of aliphatic imine (C=N–C) groups is 1. The standard InChI is InChI=1S/C12H14F3N3/c13-12(14,15)9-3-1-2-8(6-9)7-17-11(16)18-10-4-5-10/h1-3,6,10H,4-5,7H2,(H3,16,17,18). The number of hydrogen-bond donors (Lipinski definition) is 2. The maximum absolute atomic E-state index is 12.5. The van der Waals surface area contributed by atoms with Crippen molar-refractivity contribution < 1.29 is 13.2 Å². The van der Waals surface area contributed by atoms with Crippen LogP contribution in [-0.2, 0) is 12.7 Å². The fourth-order valence-corrected chi connectivity index (χ4v) is 1.50. The quantitative estimate of drug-likeness (QED) is 0.644. The van der Waals surface area contributed by atoms with Gasteiger partial charge in [0.25, 0.3) is 0 Å². The SMILES string of the molecule is NC(=NCc1cccc(C(F)(F)F)c1)NC1CC1. The fourth-order valence-electron chi connectivity index (χ4n) is 1.50. The lowest BCUT2D eigenvalue weighted by Crippen LogP contribution is -2.33. The second-order valence-corrected chi connectivity index (χ2v) is 4.32. The predicted octanol–water partition coefficient (Wildman–Crippen LogP) is 2.27. The van der Waals surface area contributed by atoms with Crippen molar-refractivity contribution >= 4 is 5.96 Å². The second-order valence-electron chi connectivity index (χ2n) is 4.32. The van der Waals surface area contributed by atoms with Crippen LogP contribution in [-0.4, -0.2) is 12.0 Å². The highest BCUT2D eigenvalue weighted by Crippen LogP contribution is 2.29. The fraction of sp³-hybridized carbons (Fsp3) is 0.417. The molecule has 1 aromatic rings. The van der Waals surface area contributed by atoms with Crippen LogP contribution >= 0.6 is 0 Å². The van der Waals surface area contributed by atoms with Crippen LogP contribution in [0.25, 0.3) is 0 Å². The molecule has 1 aromatic carbocycles. The minimum Gasteiger partial charge on any atom is -0.370 e. The molecule has 0 bridgehead atoms. The lowest BCUT2D eigenvalue weighted by atomic mass is 10.1. The van der Waals surface area contributed by atoms with E-state index in [1.54, 1.807) is 6.07 Å². The number of nitrogens with zero attached hydrogens (tertiary/aromatic N) is 1. The topological polar surface area (TPSA) is 50.4 Å². The van der Waals surface area contributed by atoms with Gasteiger partial charge in [-0.1, -0.05) is 12.1 Å². The van der Waals surface area contributed by atoms with E-state index < -0.39 is 11.7 Å². The lowest BCUT2D eigenvalue weighted by Gasteiger charge is -2.08. The van der Waals surface area contributed by atoms with Gasteiger partial charge >= 0.3 is 6.18 Å². The predicted molar refractivity (Wildman–Crippen MR) is 62.9 cm³/mol. The number of nitrogens with two attached hydrogens (primary N) is 1. The van der Waals surface area contributed by atoms with Crippen LogP contribution in [0.1, 0.15) is 24.0 Å². The van der Waals surface area contributed by atoms with Gasteiger partial charge in [-0.15, -0.1) is 0 Å². The van der Waals surface area contributed by atoms with E-state index in [2.05, 4.69) is 10.3 Å². The summed E-state index contributed by atoms with van der Waals surface area (Å²) in [7, 11) is 0. The van der Waals surface area contributed by atoms with E-state index in [0.29, 0.717) is 11.6 Å². The van der Waals surface area contributed by atoms with Crippen molar-refractivity contribution in [1.82, 2.24) is 5.32 Å². The summed E-state index contributed by atoms with van der Waals surface area (Å²) in [6.07, 6.45) is -2.18. The Kier molecular flexibility index (Phi) is 3.45. The van der Waals surface area contributed by atoms with Crippen LogP contribution < -0.4 is 11.1 Å². The molecule has 0 unspecified atom stereocenters. The lowest BCUT2D eigenvalue weighted by molar-refractivity contribution is -0.137. The largest absolute Gasteiger partial charge is 0.416 e. The molecule has 98 valence electrons. The van der Waals surface area contributed by atoms with Crippen molar-refractivity contribution in [3.05, 3.63) is 35.4 Å². The van der Waals surface area contributed by atoms with Gasteiger partial charge in [-0.25, -0.2) is 4.99 Å². The molecule has 0 atom stereocenters. The second kappa shape index (κ2) is 4.88. The summed E-state index contributed by atoms with van der Waals surface area (Å²) in [6, 6.07) is 5.49. The highest BCUT2D eigenvalue weighted by Gasteiger charge is 2.30. The molecular weight excluding hydrogens is 243 g/mol. The van der Waals surface area contributed by atoms with Gasteiger partial charge in [0.2, 0.25) is 0 Å². The number of guanidine groups is 1. The van der Waals surface area contributed by atoms with Crippen molar-refractivity contribution in [1.29, 1.82) is 0 Å². The van der Waals surface area contributed by atoms with Gasteiger partial charge < -0.3 is 11.1 Å². The summed E-state index contributed by atoms with van der Waals surface area (Å²) in [6.45, 7) is 0.148. The molecule has 0 radical (unpaired) electrons. The molecule has 1 fully saturated rings. The van der Waals surface area contributed by atoms with Gasteiger partial charge in [-0.2, -0.15) is 13.2 Å². The molecule has 18 heavy (non-hydrogen) atoms. The maximum Gasteiger partial charge on any atom is 0.416 e. The summed E-state index contributed by atoms with van der Waals surface area (Å²) in [4.78, 5) is 4.01. The van der Waals surface area contributed by atoms with E-state index >= 15 is 0 Å². The number of hydrogen-bond acceptors (Lipinski definition) is 1. The van der Waals surface area contributed by atoms with Crippen molar-refractivity contribution in [2.75, 3.05) is 0 Å². The normalized spacial score (nSPS) is 16.7. The molecular formula is C12H14F3N3. The average Bonchev–Trinajstić information content (AvgIpc) is 3.10. The third-order valence-corrected chi connectivity index (χ3v) is 2.62. The van der Waals surface area contributed by atoms with Crippen LogP contribution in [0.4, 0.5) is 13.2 Å². The Balaban J connectivity index is 2.00. The molecule has 1 saturated carbocycles. The molecule has 1 aliphatic rings. The molecule has 6 heteroatoms. The van der Waals surface area contributed by atoms with Gasteiger partial charge in [0, 0.05) is 6.04 Å². The number of benzene rings is 1. The molecule has 0 amide bonds. The first-order valence-electron chi connectivity index (χ1n) is 5.68. The number of rotatable bonds is 3. The van der Waals surface area contributed by atoms with E-state index in [1.807, 2.05) is 0 Å². The molecule has 0 aromatic heterocycles. The molecule has 0 saturated heterocycles. The summed E-state index contributed by atoms with van der Waals surface area (Å²) >= 11 is 0. The zero-order valence-corrected chi connectivity index (χ0v) is 9.67. The van der Waals surface area contributed by atoms with Crippen LogP contribution in [0.2, 0.25) is 0 Å². The third kappa shape index (κ3) is 3.65. The van der Waals surface area contributed by atoms with Crippen LogP contribution in [0.5, 0.6) is 0 Å². The smallest absolute Gasteiger partial charge is 0.370 e. The van der Waals surface area contributed by atoms with E-state index in [-0.39, 0.29) is 12.5 Å². The zero-order valence-electron chi connectivity index (χ0n) is 9.67. The number of halogens is 3. The van der Waals surface area contributed by atoms with E-state index in [4.69, 9.17) is 5.73 Å². The van der Waals surface area contributed by atoms with Gasteiger partial charge in [0.15, 0.2) is 5.96 Å². The molecule has 0 heterocycles. The van der Waals surface area contributed by atoms with E-state index in [0.717, 1.165) is 25.0 Å². The molecule has 0 aliphatic heterocycles. The minimum atomic E-state index is -4.32. The first kappa shape index (κ1) is 12.7. The first-order valence-corrected chi connectivity index (χ1v) is 5.68. The van der Waals surface area contributed by atoms with Crippen molar-refractivity contribution in [2.45, 2.75) is 31.6 Å². The summed E-state index contributed by atoms with van der Waals surface area (Å²) in [5, 5.41) is 2.97. The highest BCUT2D eigenvalue weighted by molar-refractivity contribution is 5.78. The Morgan fingerprint density at radius 1 is 1.39 bits per heavy atom. The Labute approximate surface area is 103 Å². The molecule has 3 nitrogen and oxygen atoms in total. The van der Waals surface area contributed by atoms with Gasteiger partial charge in [0.05, 0.1) is 12.1 Å². The Hall–Kier alpha value is -1.72. The average molecular weight is 257 g/mol. The maximum atomic E-state index is 12.5. The summed E-state index contributed by atoms with van der Waals surface area (Å²) < 4.78 is 37.4. The van der Waals surface area contributed by atoms with Gasteiger partial charge in [-0.3, -0.25) is 0 Å². The Morgan fingerprint density at radius 3 is 2.72 bits per heavy atom. The first-order chi connectivity index (χ1) is 8.45. The monoisotopic (exact) mass is 257 g/mol. The van der Waals surface area contributed by atoms with Crippen LogP contribution in [0.3, 0.4) is 0 Å². The third-order valence-electron chi connectivity index (χ3n) is 2.62. The van der Waals surface area contributed by atoms with Crippen molar-refractivity contribution in [3.63, 3.8) is 0 Å². The van der Waals surface area contributed by atoms with Gasteiger partial charge in [-0.05, 0) is 30.5 Å². The summed E-state index contributed by atoms with van der Waals surface area (Å²) in [5.41, 5.74) is 5.43. The van der Waals surface area contributed by atoms with Gasteiger partial charge in [0.1, 0.15) is 0 Å². The van der Waals surface area contributed by atoms with E-state index in [1.165, 1.54) is 6.07 Å². The molecule has 1 aliphatic carbocycles. The zero-order chi connectivity index (χ0) is 13.2. The number of nitrogens with one attached hydrogen (secondary N) is 1. The summed E-state index contributed by atoms with van der Waals surface area (Å²) in [5.74, 6) is 0.287. The Morgan fingerprint density at radius 2 is 2.11 bits per heavy atom. The van der Waals surface area contributed by atoms with Crippen LogP contribution in [0, 0.1) is 0 Å². The molecule has 2 rings (SSSR count). The highest BCUT2D eigenvalue weighted by atomic mass is 19.4. The van der Waals surface area contributed by atoms with Crippen molar-refractivity contribution in [2.24, 2.45) is 10.7 Å². The van der Waals surface area contributed by atoms with E-state index in [9.17, 15) is 13.2 Å². The molecule has 0 spiro atoms.